The first-order valence-electron chi connectivity index (χ1n) is 8.61. The summed E-state index contributed by atoms with van der Waals surface area (Å²) in [4.78, 5) is 25.5. The Balaban J connectivity index is 1.63. The number of carbonyl (C=O) groups excluding carboxylic acids is 2. The van der Waals surface area contributed by atoms with Crippen LogP contribution in [-0.2, 0) is 22.3 Å². The quantitative estimate of drug-likeness (QED) is 0.576. The van der Waals surface area contributed by atoms with Crippen LogP contribution >= 0.6 is 0 Å². The average Bonchev–Trinajstić information content (AvgIpc) is 2.94. The molecule has 1 saturated heterocycles. The van der Waals surface area contributed by atoms with Gasteiger partial charge in [0.05, 0.1) is 5.56 Å². The van der Waals surface area contributed by atoms with E-state index in [1.54, 1.807) is 0 Å². The molecule has 1 aliphatic rings. The van der Waals surface area contributed by atoms with Gasteiger partial charge in [0.1, 0.15) is 11.6 Å². The third kappa shape index (κ3) is 4.67. The molecule has 6 nitrogen and oxygen atoms in total. The van der Waals surface area contributed by atoms with Crippen LogP contribution in [0, 0.1) is 11.6 Å². The fourth-order valence-electron chi connectivity index (χ4n) is 2.92. The summed E-state index contributed by atoms with van der Waals surface area (Å²) < 4.78 is 69.4. The fraction of sp³-hybridized carbons (Fsp3) is 0.263. The summed E-state index contributed by atoms with van der Waals surface area (Å²) in [6.45, 7) is -0.557. The van der Waals surface area contributed by atoms with Gasteiger partial charge < -0.3 is 20.1 Å². The molecule has 3 rings (SSSR count). The lowest BCUT2D eigenvalue weighted by molar-refractivity contribution is -0.175. The van der Waals surface area contributed by atoms with E-state index in [-0.39, 0.29) is 24.2 Å². The lowest BCUT2D eigenvalue weighted by Gasteiger charge is -2.22. The zero-order valence-electron chi connectivity index (χ0n) is 15.2. The number of anilines is 1. The summed E-state index contributed by atoms with van der Waals surface area (Å²) in [5, 5.41) is 12.4. The summed E-state index contributed by atoms with van der Waals surface area (Å²) in [5.74, 6) is -5.14. The largest absolute Gasteiger partial charge is 0.416 e. The molecule has 2 amide bonds. The number of alkyl halides is 3. The predicted molar refractivity (Wildman–Crippen MR) is 93.0 cm³/mol. The molecule has 1 fully saturated rings. The maximum Gasteiger partial charge on any atom is 0.416 e. The van der Waals surface area contributed by atoms with Gasteiger partial charge in [-0.25, -0.2) is 13.6 Å². The van der Waals surface area contributed by atoms with Crippen LogP contribution in [0.3, 0.4) is 0 Å². The summed E-state index contributed by atoms with van der Waals surface area (Å²) in [7, 11) is 0. The number of halogens is 5. The van der Waals surface area contributed by atoms with Crippen LogP contribution in [0.1, 0.15) is 17.5 Å². The number of alkyl carbamates (subject to hydrolysis) is 1. The van der Waals surface area contributed by atoms with Crippen molar-refractivity contribution in [1.29, 1.82) is 0 Å². The molecule has 1 atom stereocenters. The van der Waals surface area contributed by atoms with E-state index in [1.165, 1.54) is 12.1 Å². The smallest absolute Gasteiger partial charge is 0.407 e. The Morgan fingerprint density at radius 1 is 1.13 bits per heavy atom. The van der Waals surface area contributed by atoms with Gasteiger partial charge >= 0.3 is 12.3 Å². The molecule has 0 unspecified atom stereocenters. The van der Waals surface area contributed by atoms with Crippen LogP contribution in [0.5, 0.6) is 0 Å². The van der Waals surface area contributed by atoms with Crippen molar-refractivity contribution >= 4 is 17.7 Å². The molecule has 0 bridgehead atoms. The Morgan fingerprint density at radius 2 is 1.80 bits per heavy atom. The summed E-state index contributed by atoms with van der Waals surface area (Å²) in [5.41, 5.74) is -1.15. The van der Waals surface area contributed by atoms with Gasteiger partial charge in [0, 0.05) is 25.2 Å². The van der Waals surface area contributed by atoms with Crippen LogP contribution in [0.2, 0.25) is 0 Å². The fourth-order valence-corrected chi connectivity index (χ4v) is 2.92. The first kappa shape index (κ1) is 21.5. The number of benzene rings is 2. The van der Waals surface area contributed by atoms with Gasteiger partial charge in [-0.2, -0.15) is 13.2 Å². The number of hydrogen-bond acceptors (Lipinski definition) is 4. The highest BCUT2D eigenvalue weighted by molar-refractivity contribution is 6.01. The van der Waals surface area contributed by atoms with Crippen molar-refractivity contribution in [1.82, 2.24) is 5.32 Å². The predicted octanol–water partition coefficient (Wildman–Crippen LogP) is 3.34. The molecule has 2 aromatic rings. The molecule has 0 aromatic heterocycles. The number of rotatable bonds is 4. The summed E-state index contributed by atoms with van der Waals surface area (Å²) in [6, 6.07) is 6.59. The molecule has 0 aliphatic carbocycles. The van der Waals surface area contributed by atoms with E-state index < -0.39 is 47.7 Å². The van der Waals surface area contributed by atoms with Gasteiger partial charge in [0.2, 0.25) is 0 Å². The van der Waals surface area contributed by atoms with E-state index in [4.69, 9.17) is 4.74 Å². The Kier molecular flexibility index (Phi) is 5.66. The minimum absolute atomic E-state index is 0.0207. The van der Waals surface area contributed by atoms with Gasteiger partial charge in [0.25, 0.3) is 11.7 Å². The first-order chi connectivity index (χ1) is 14.0. The lowest BCUT2D eigenvalue weighted by Crippen LogP contribution is -2.46. The zero-order valence-corrected chi connectivity index (χ0v) is 15.2. The third-order valence-corrected chi connectivity index (χ3v) is 4.38. The number of carbonyl (C=O) groups is 2. The Hall–Kier alpha value is -3.21. The van der Waals surface area contributed by atoms with Gasteiger partial charge in [-0.1, -0.05) is 0 Å². The van der Waals surface area contributed by atoms with Crippen molar-refractivity contribution in [3.63, 3.8) is 0 Å². The number of hydrogen-bond donors (Lipinski definition) is 2. The van der Waals surface area contributed by atoms with E-state index in [9.17, 15) is 36.6 Å². The molecule has 2 N–H and O–H groups in total. The van der Waals surface area contributed by atoms with E-state index in [0.717, 1.165) is 23.1 Å². The van der Waals surface area contributed by atoms with Crippen molar-refractivity contribution in [3.05, 3.63) is 65.2 Å². The molecule has 0 saturated carbocycles. The number of ether oxygens (including phenoxy) is 1. The molecule has 30 heavy (non-hydrogen) atoms. The van der Waals surface area contributed by atoms with Crippen molar-refractivity contribution in [2.75, 3.05) is 11.4 Å². The monoisotopic (exact) mass is 430 g/mol. The third-order valence-electron chi connectivity index (χ3n) is 4.38. The maximum absolute atomic E-state index is 13.4. The standard InChI is InChI=1S/C19H15F5N2O4/c20-13-1-3-15(4-2-13)26-6-5-18(29,16(26)27)30-17(28)25-10-11-7-12(19(22,23)24)9-14(21)8-11/h1-4,7-9,29H,5-6,10H2,(H,25,28)/t18-/m0/s1. The van der Waals surface area contributed by atoms with Crippen LogP contribution in [0.25, 0.3) is 0 Å². The molecule has 2 aromatic carbocycles. The van der Waals surface area contributed by atoms with Crippen LogP contribution in [-0.4, -0.2) is 29.4 Å². The number of nitrogens with zero attached hydrogens (tertiary/aromatic N) is 1. The lowest BCUT2D eigenvalue weighted by atomic mass is 10.1. The Morgan fingerprint density at radius 3 is 2.43 bits per heavy atom. The van der Waals surface area contributed by atoms with Crippen molar-refractivity contribution in [3.8, 4) is 0 Å². The van der Waals surface area contributed by atoms with Gasteiger partial charge in [-0.3, -0.25) is 4.79 Å². The second-order valence-corrected chi connectivity index (χ2v) is 6.56. The van der Waals surface area contributed by atoms with Crippen LogP contribution in [0.4, 0.5) is 32.4 Å². The van der Waals surface area contributed by atoms with Crippen LogP contribution in [0.15, 0.2) is 42.5 Å². The van der Waals surface area contributed by atoms with E-state index in [1.807, 2.05) is 0 Å². The van der Waals surface area contributed by atoms with Crippen molar-refractivity contribution in [2.24, 2.45) is 0 Å². The van der Waals surface area contributed by atoms with E-state index >= 15 is 0 Å². The maximum atomic E-state index is 13.4. The van der Waals surface area contributed by atoms with Gasteiger partial charge in [0.15, 0.2) is 0 Å². The molecule has 0 spiro atoms. The highest BCUT2D eigenvalue weighted by Crippen LogP contribution is 2.31. The molecule has 160 valence electrons. The molecular formula is C19H15F5N2O4. The van der Waals surface area contributed by atoms with E-state index in [0.29, 0.717) is 12.1 Å². The normalized spacial score (nSPS) is 19.1. The van der Waals surface area contributed by atoms with Crippen molar-refractivity contribution in [2.45, 2.75) is 24.9 Å². The SMILES string of the molecule is O=C(NCc1cc(F)cc(C(F)(F)F)c1)O[C@@]1(O)CCN(c2ccc(F)cc2)C1=O. The van der Waals surface area contributed by atoms with E-state index in [2.05, 4.69) is 5.32 Å². The highest BCUT2D eigenvalue weighted by atomic mass is 19.4. The first-order valence-corrected chi connectivity index (χ1v) is 8.61. The highest BCUT2D eigenvalue weighted by Gasteiger charge is 2.49. The summed E-state index contributed by atoms with van der Waals surface area (Å²) in [6.07, 6.45) is -6.34. The molecule has 0 radical (unpaired) electrons. The zero-order chi connectivity index (χ0) is 22.1. The number of amides is 2. The second-order valence-electron chi connectivity index (χ2n) is 6.56. The minimum Gasteiger partial charge on any atom is -0.407 e. The average molecular weight is 430 g/mol. The van der Waals surface area contributed by atoms with Crippen molar-refractivity contribution < 1.29 is 41.4 Å². The van der Waals surface area contributed by atoms with Crippen LogP contribution < -0.4 is 10.2 Å². The minimum atomic E-state index is -4.77. The Labute approximate surface area is 166 Å². The van der Waals surface area contributed by atoms with Gasteiger partial charge in [-0.05, 0) is 48.0 Å². The molecule has 1 aliphatic heterocycles. The molecule has 11 heteroatoms. The molecule has 1 heterocycles. The number of aliphatic hydroxyl groups is 1. The number of nitrogens with one attached hydrogen (secondary N) is 1. The topological polar surface area (TPSA) is 78.9 Å². The molecular weight excluding hydrogens is 415 g/mol. The summed E-state index contributed by atoms with van der Waals surface area (Å²) >= 11 is 0. The Bertz CT molecular complexity index is 964. The second kappa shape index (κ2) is 7.90. The van der Waals surface area contributed by atoms with Gasteiger partial charge in [-0.15, -0.1) is 0 Å².